The first-order chi connectivity index (χ1) is 10.3. The van der Waals surface area contributed by atoms with E-state index >= 15 is 0 Å². The highest BCUT2D eigenvalue weighted by molar-refractivity contribution is 5.96. The van der Waals surface area contributed by atoms with Gasteiger partial charge in [0.2, 0.25) is 5.91 Å². The van der Waals surface area contributed by atoms with Crippen LogP contribution in [-0.4, -0.2) is 31.1 Å². The molecule has 0 radical (unpaired) electrons. The highest BCUT2D eigenvalue weighted by atomic mass is 16.5. The van der Waals surface area contributed by atoms with Gasteiger partial charge in [-0.2, -0.15) is 0 Å². The van der Waals surface area contributed by atoms with Crippen molar-refractivity contribution in [1.82, 2.24) is 16.0 Å². The molecule has 0 aromatic heterocycles. The van der Waals surface area contributed by atoms with Crippen LogP contribution in [0.25, 0.3) is 0 Å². The van der Waals surface area contributed by atoms with E-state index in [0.29, 0.717) is 0 Å². The van der Waals surface area contributed by atoms with Crippen molar-refractivity contribution in [3.8, 4) is 5.75 Å². The van der Waals surface area contributed by atoms with E-state index in [0.717, 1.165) is 11.3 Å². The lowest BCUT2D eigenvalue weighted by Gasteiger charge is -2.20. The van der Waals surface area contributed by atoms with E-state index < -0.39 is 12.1 Å². The van der Waals surface area contributed by atoms with Crippen molar-refractivity contribution in [2.45, 2.75) is 45.9 Å². The Balaban J connectivity index is 2.66. The standard InChI is InChI=1S/C16H25N3O3/c1-10(2)22-14-8-6-7-13(9-14)11(3)18-12(4)15(20)19-16(21)17-5/h6-12,18H,1-5H3,(H2,17,19,20,21)/t11-,12+/m1/s1. The number of rotatable bonds is 6. The first-order valence-corrected chi connectivity index (χ1v) is 7.38. The van der Waals surface area contributed by atoms with Gasteiger partial charge in [-0.05, 0) is 45.4 Å². The van der Waals surface area contributed by atoms with E-state index in [1.165, 1.54) is 7.05 Å². The number of amides is 3. The van der Waals surface area contributed by atoms with Crippen LogP contribution in [0.15, 0.2) is 24.3 Å². The van der Waals surface area contributed by atoms with Crippen molar-refractivity contribution in [3.63, 3.8) is 0 Å². The molecular weight excluding hydrogens is 282 g/mol. The molecule has 0 heterocycles. The predicted molar refractivity (Wildman–Crippen MR) is 85.8 cm³/mol. The molecule has 0 aliphatic carbocycles. The summed E-state index contributed by atoms with van der Waals surface area (Å²) in [7, 11) is 1.46. The lowest BCUT2D eigenvalue weighted by atomic mass is 10.1. The second-order valence-corrected chi connectivity index (χ2v) is 5.42. The summed E-state index contributed by atoms with van der Waals surface area (Å²) < 4.78 is 5.66. The molecule has 1 aromatic carbocycles. The number of benzene rings is 1. The molecule has 0 spiro atoms. The maximum absolute atomic E-state index is 11.8. The van der Waals surface area contributed by atoms with Gasteiger partial charge < -0.3 is 10.1 Å². The lowest BCUT2D eigenvalue weighted by molar-refractivity contribution is -0.121. The smallest absolute Gasteiger partial charge is 0.321 e. The predicted octanol–water partition coefficient (Wildman–Crippen LogP) is 1.97. The molecular formula is C16H25N3O3. The summed E-state index contributed by atoms with van der Waals surface area (Å²) in [6.07, 6.45) is 0.107. The van der Waals surface area contributed by atoms with Crippen molar-refractivity contribution in [3.05, 3.63) is 29.8 Å². The summed E-state index contributed by atoms with van der Waals surface area (Å²) >= 11 is 0. The zero-order valence-electron chi connectivity index (χ0n) is 13.8. The number of imide groups is 1. The number of urea groups is 1. The number of hydrogen-bond acceptors (Lipinski definition) is 4. The Labute approximate surface area is 131 Å². The molecule has 2 atom stereocenters. The van der Waals surface area contributed by atoms with Gasteiger partial charge >= 0.3 is 6.03 Å². The monoisotopic (exact) mass is 307 g/mol. The van der Waals surface area contributed by atoms with Gasteiger partial charge in [0, 0.05) is 13.1 Å². The van der Waals surface area contributed by atoms with Crippen LogP contribution in [0.3, 0.4) is 0 Å². The minimum Gasteiger partial charge on any atom is -0.491 e. The van der Waals surface area contributed by atoms with Crippen LogP contribution in [-0.2, 0) is 4.79 Å². The third-order valence-electron chi connectivity index (χ3n) is 3.09. The van der Waals surface area contributed by atoms with E-state index in [-0.39, 0.29) is 18.1 Å². The fourth-order valence-electron chi connectivity index (χ4n) is 1.96. The zero-order chi connectivity index (χ0) is 16.7. The molecule has 1 rings (SSSR count). The van der Waals surface area contributed by atoms with E-state index in [1.807, 2.05) is 45.0 Å². The minimum atomic E-state index is -0.515. The Hall–Kier alpha value is -2.08. The fraction of sp³-hybridized carbons (Fsp3) is 0.500. The summed E-state index contributed by atoms with van der Waals surface area (Å²) in [5.74, 6) is 0.421. The van der Waals surface area contributed by atoms with Gasteiger partial charge in [-0.15, -0.1) is 0 Å². The molecule has 0 unspecified atom stereocenters. The summed E-state index contributed by atoms with van der Waals surface area (Å²) in [5, 5.41) is 7.75. The molecule has 3 N–H and O–H groups in total. The molecule has 3 amide bonds. The summed E-state index contributed by atoms with van der Waals surface area (Å²) in [5.41, 5.74) is 1.01. The molecule has 1 aromatic rings. The first kappa shape index (κ1) is 18.0. The van der Waals surface area contributed by atoms with Gasteiger partial charge in [-0.1, -0.05) is 12.1 Å². The third-order valence-corrected chi connectivity index (χ3v) is 3.09. The van der Waals surface area contributed by atoms with E-state index in [2.05, 4.69) is 16.0 Å². The molecule has 0 aliphatic rings. The minimum absolute atomic E-state index is 0.0545. The topological polar surface area (TPSA) is 79.5 Å². The van der Waals surface area contributed by atoms with Crippen LogP contribution >= 0.6 is 0 Å². The van der Waals surface area contributed by atoms with Crippen molar-refractivity contribution < 1.29 is 14.3 Å². The molecule has 122 valence electrons. The maximum atomic E-state index is 11.8. The second kappa shape index (κ2) is 8.38. The second-order valence-electron chi connectivity index (χ2n) is 5.42. The quantitative estimate of drug-likeness (QED) is 0.751. The molecule has 22 heavy (non-hydrogen) atoms. The normalized spacial score (nSPS) is 13.4. The summed E-state index contributed by atoms with van der Waals surface area (Å²) in [6, 6.07) is 6.66. The Morgan fingerprint density at radius 1 is 1.14 bits per heavy atom. The van der Waals surface area contributed by atoms with E-state index in [4.69, 9.17) is 4.74 Å². The van der Waals surface area contributed by atoms with Crippen LogP contribution in [0.1, 0.15) is 39.3 Å². The van der Waals surface area contributed by atoms with Gasteiger partial charge in [0.25, 0.3) is 0 Å². The van der Waals surface area contributed by atoms with Crippen LogP contribution in [0.4, 0.5) is 4.79 Å². The first-order valence-electron chi connectivity index (χ1n) is 7.38. The molecule has 0 fully saturated rings. The Kier molecular flexibility index (Phi) is 6.85. The SMILES string of the molecule is CNC(=O)NC(=O)[C@H](C)N[C@H](C)c1cccc(OC(C)C)c1. The van der Waals surface area contributed by atoms with Crippen molar-refractivity contribution in [1.29, 1.82) is 0 Å². The number of carbonyl (C=O) groups excluding carboxylic acids is 2. The third kappa shape index (κ3) is 5.73. The van der Waals surface area contributed by atoms with Gasteiger partial charge in [-0.3, -0.25) is 15.4 Å². The fourth-order valence-corrected chi connectivity index (χ4v) is 1.96. The molecule has 6 nitrogen and oxygen atoms in total. The summed E-state index contributed by atoms with van der Waals surface area (Å²) in [6.45, 7) is 7.61. The Morgan fingerprint density at radius 2 is 1.82 bits per heavy atom. The number of ether oxygens (including phenoxy) is 1. The van der Waals surface area contributed by atoms with Crippen LogP contribution in [0, 0.1) is 0 Å². The molecule has 0 saturated carbocycles. The van der Waals surface area contributed by atoms with Crippen LogP contribution in [0.2, 0.25) is 0 Å². The van der Waals surface area contributed by atoms with Crippen molar-refractivity contribution >= 4 is 11.9 Å². The maximum Gasteiger partial charge on any atom is 0.321 e. The highest BCUT2D eigenvalue weighted by Crippen LogP contribution is 2.20. The van der Waals surface area contributed by atoms with E-state index in [1.54, 1.807) is 6.92 Å². The molecule has 0 saturated heterocycles. The van der Waals surface area contributed by atoms with Crippen LogP contribution < -0.4 is 20.7 Å². The zero-order valence-corrected chi connectivity index (χ0v) is 13.8. The van der Waals surface area contributed by atoms with E-state index in [9.17, 15) is 9.59 Å². The number of carbonyl (C=O) groups is 2. The van der Waals surface area contributed by atoms with Crippen LogP contribution in [0.5, 0.6) is 5.75 Å². The van der Waals surface area contributed by atoms with Crippen molar-refractivity contribution in [2.24, 2.45) is 0 Å². The van der Waals surface area contributed by atoms with Gasteiger partial charge in [0.15, 0.2) is 0 Å². The van der Waals surface area contributed by atoms with Gasteiger partial charge in [0.1, 0.15) is 5.75 Å². The Morgan fingerprint density at radius 3 is 2.41 bits per heavy atom. The largest absolute Gasteiger partial charge is 0.491 e. The summed E-state index contributed by atoms with van der Waals surface area (Å²) in [4.78, 5) is 23.0. The highest BCUT2D eigenvalue weighted by Gasteiger charge is 2.18. The average Bonchev–Trinajstić information content (AvgIpc) is 2.46. The molecule has 0 aliphatic heterocycles. The van der Waals surface area contributed by atoms with Gasteiger partial charge in [0.05, 0.1) is 12.1 Å². The number of nitrogens with one attached hydrogen (secondary N) is 3. The van der Waals surface area contributed by atoms with Gasteiger partial charge in [-0.25, -0.2) is 4.79 Å². The average molecular weight is 307 g/mol. The van der Waals surface area contributed by atoms with Crippen molar-refractivity contribution in [2.75, 3.05) is 7.05 Å². The lowest BCUT2D eigenvalue weighted by Crippen LogP contribution is -2.47. The molecule has 6 heteroatoms. The molecule has 0 bridgehead atoms. The Bertz CT molecular complexity index is 517. The number of hydrogen-bond donors (Lipinski definition) is 3.